The Morgan fingerprint density at radius 1 is 1.47 bits per heavy atom. The molecule has 2 saturated heterocycles. The van der Waals surface area contributed by atoms with Gasteiger partial charge >= 0.3 is 0 Å². The maximum atomic E-state index is 13.1. The molecule has 1 aromatic carbocycles. The molecule has 1 aromatic rings. The van der Waals surface area contributed by atoms with Crippen molar-refractivity contribution in [3.63, 3.8) is 0 Å². The number of hydrogen-bond donors (Lipinski definition) is 2. The zero-order valence-corrected chi connectivity index (χ0v) is 11.2. The molecule has 0 radical (unpaired) electrons. The second-order valence-electron chi connectivity index (χ2n) is 5.82. The minimum absolute atomic E-state index is 0.179. The molecule has 2 heterocycles. The van der Waals surface area contributed by atoms with Crippen LogP contribution < -0.4 is 11.3 Å². The summed E-state index contributed by atoms with van der Waals surface area (Å²) in [5.41, 5.74) is 5.09. The summed E-state index contributed by atoms with van der Waals surface area (Å²) in [6.45, 7) is 1.95. The molecule has 104 valence electrons. The Kier molecular flexibility index (Phi) is 3.56. The van der Waals surface area contributed by atoms with Crippen molar-refractivity contribution in [1.29, 1.82) is 0 Å². The van der Waals surface area contributed by atoms with Gasteiger partial charge in [0, 0.05) is 12.0 Å². The first-order chi connectivity index (χ1) is 9.17. The Balaban J connectivity index is 1.73. The maximum absolute atomic E-state index is 13.1. The summed E-state index contributed by atoms with van der Waals surface area (Å²) in [7, 11) is 0. The first-order valence-electron chi connectivity index (χ1n) is 7.04. The Morgan fingerprint density at radius 3 is 2.89 bits per heavy atom. The quantitative estimate of drug-likeness (QED) is 0.646. The van der Waals surface area contributed by atoms with Crippen molar-refractivity contribution in [1.82, 2.24) is 5.43 Å². The lowest BCUT2D eigenvalue weighted by Gasteiger charge is -2.28. The number of ether oxygens (including phenoxy) is 1. The molecule has 2 aliphatic heterocycles. The average Bonchev–Trinajstić information content (AvgIpc) is 3.00. The number of fused-ring (bicyclic) bond motifs is 2. The van der Waals surface area contributed by atoms with Crippen LogP contribution in [0.3, 0.4) is 0 Å². The third kappa shape index (κ3) is 2.53. The van der Waals surface area contributed by atoms with Crippen molar-refractivity contribution in [3.8, 4) is 0 Å². The fourth-order valence-corrected chi connectivity index (χ4v) is 3.56. The molecule has 0 spiro atoms. The van der Waals surface area contributed by atoms with Crippen LogP contribution in [-0.4, -0.2) is 18.2 Å². The van der Waals surface area contributed by atoms with Crippen LogP contribution in [0.15, 0.2) is 18.2 Å². The lowest BCUT2D eigenvalue weighted by Crippen LogP contribution is -2.45. The van der Waals surface area contributed by atoms with Crippen LogP contribution >= 0.6 is 0 Å². The van der Waals surface area contributed by atoms with Gasteiger partial charge in [-0.05, 0) is 55.9 Å². The lowest BCUT2D eigenvalue weighted by atomic mass is 9.81. The van der Waals surface area contributed by atoms with Crippen LogP contribution in [0.25, 0.3) is 0 Å². The van der Waals surface area contributed by atoms with E-state index < -0.39 is 0 Å². The standard InChI is InChI=1S/C15H21FN2O/c1-9-6-11(16)3-2-10(9)7-14(18-17)13-8-12-4-5-15(13)19-12/h2-3,6,12-15,18H,4-5,7-8,17H2,1H3. The minimum atomic E-state index is -0.179. The van der Waals surface area contributed by atoms with Crippen molar-refractivity contribution in [2.75, 3.05) is 0 Å². The van der Waals surface area contributed by atoms with Crippen LogP contribution in [0.4, 0.5) is 4.39 Å². The second kappa shape index (κ2) is 5.19. The normalized spacial score (nSPS) is 30.8. The Labute approximate surface area is 113 Å². The van der Waals surface area contributed by atoms with Crippen LogP contribution in [0, 0.1) is 18.7 Å². The summed E-state index contributed by atoms with van der Waals surface area (Å²) in [5, 5.41) is 0. The van der Waals surface area contributed by atoms with Gasteiger partial charge in [-0.2, -0.15) is 0 Å². The van der Waals surface area contributed by atoms with Gasteiger partial charge in [-0.3, -0.25) is 11.3 Å². The summed E-state index contributed by atoms with van der Waals surface area (Å²) in [5.74, 6) is 6.03. The van der Waals surface area contributed by atoms with Crippen molar-refractivity contribution in [2.45, 2.75) is 50.9 Å². The highest BCUT2D eigenvalue weighted by Gasteiger charge is 2.44. The van der Waals surface area contributed by atoms with E-state index in [1.165, 1.54) is 12.5 Å². The summed E-state index contributed by atoms with van der Waals surface area (Å²) in [6.07, 6.45) is 5.05. The first-order valence-corrected chi connectivity index (χ1v) is 7.04. The lowest BCUT2D eigenvalue weighted by molar-refractivity contribution is 0.0857. The van der Waals surface area contributed by atoms with E-state index in [0.29, 0.717) is 18.1 Å². The highest BCUT2D eigenvalue weighted by Crippen LogP contribution is 2.41. The zero-order valence-electron chi connectivity index (χ0n) is 11.2. The van der Waals surface area contributed by atoms with Gasteiger partial charge < -0.3 is 4.74 Å². The van der Waals surface area contributed by atoms with Crippen LogP contribution in [0.1, 0.15) is 30.4 Å². The third-order valence-electron chi connectivity index (χ3n) is 4.63. The predicted octanol–water partition coefficient (Wildman–Crippen LogP) is 2.08. The molecule has 4 atom stereocenters. The number of aryl methyl sites for hydroxylation is 1. The molecule has 0 saturated carbocycles. The van der Waals surface area contributed by atoms with Gasteiger partial charge in [0.1, 0.15) is 5.82 Å². The van der Waals surface area contributed by atoms with E-state index in [9.17, 15) is 4.39 Å². The van der Waals surface area contributed by atoms with Gasteiger partial charge in [-0.25, -0.2) is 4.39 Å². The molecule has 19 heavy (non-hydrogen) atoms. The Morgan fingerprint density at radius 2 is 2.32 bits per heavy atom. The van der Waals surface area contributed by atoms with E-state index in [1.54, 1.807) is 6.07 Å². The molecule has 2 fully saturated rings. The van der Waals surface area contributed by atoms with Gasteiger partial charge in [-0.15, -0.1) is 0 Å². The molecule has 0 aromatic heterocycles. The Hall–Kier alpha value is -0.970. The topological polar surface area (TPSA) is 47.3 Å². The summed E-state index contributed by atoms with van der Waals surface area (Å²) in [6, 6.07) is 5.18. The fourth-order valence-electron chi connectivity index (χ4n) is 3.56. The SMILES string of the molecule is Cc1cc(F)ccc1CC(NN)C1CC2CCC1O2. The van der Waals surface area contributed by atoms with Crippen molar-refractivity contribution >= 4 is 0 Å². The molecule has 2 bridgehead atoms. The van der Waals surface area contributed by atoms with E-state index in [2.05, 4.69) is 5.43 Å². The zero-order chi connectivity index (χ0) is 13.4. The number of nitrogens with two attached hydrogens (primary N) is 1. The third-order valence-corrected chi connectivity index (χ3v) is 4.63. The molecule has 4 unspecified atom stereocenters. The fraction of sp³-hybridized carbons (Fsp3) is 0.600. The summed E-state index contributed by atoms with van der Waals surface area (Å²) >= 11 is 0. The highest BCUT2D eigenvalue weighted by atomic mass is 19.1. The molecule has 0 aliphatic carbocycles. The van der Waals surface area contributed by atoms with Crippen molar-refractivity contribution in [3.05, 3.63) is 35.1 Å². The van der Waals surface area contributed by atoms with Gasteiger partial charge in [-0.1, -0.05) is 6.07 Å². The van der Waals surface area contributed by atoms with E-state index in [1.807, 2.05) is 13.0 Å². The first kappa shape index (κ1) is 13.0. The van der Waals surface area contributed by atoms with Crippen LogP contribution in [-0.2, 0) is 11.2 Å². The minimum Gasteiger partial charge on any atom is -0.375 e. The average molecular weight is 264 g/mol. The van der Waals surface area contributed by atoms with Crippen LogP contribution in [0.5, 0.6) is 0 Å². The van der Waals surface area contributed by atoms with Crippen LogP contribution in [0.2, 0.25) is 0 Å². The van der Waals surface area contributed by atoms with E-state index in [4.69, 9.17) is 10.6 Å². The van der Waals surface area contributed by atoms with E-state index in [0.717, 1.165) is 30.4 Å². The maximum Gasteiger partial charge on any atom is 0.123 e. The molecular weight excluding hydrogens is 243 g/mol. The largest absolute Gasteiger partial charge is 0.375 e. The van der Waals surface area contributed by atoms with Crippen molar-refractivity contribution < 1.29 is 9.13 Å². The van der Waals surface area contributed by atoms with Gasteiger partial charge in [0.15, 0.2) is 0 Å². The summed E-state index contributed by atoms with van der Waals surface area (Å²) < 4.78 is 19.0. The molecular formula is C15H21FN2O. The summed E-state index contributed by atoms with van der Waals surface area (Å²) in [4.78, 5) is 0. The highest BCUT2D eigenvalue weighted by molar-refractivity contribution is 5.27. The van der Waals surface area contributed by atoms with Gasteiger partial charge in [0.2, 0.25) is 0 Å². The number of halogens is 1. The number of hydrogen-bond acceptors (Lipinski definition) is 3. The Bertz CT molecular complexity index is 465. The number of rotatable bonds is 4. The predicted molar refractivity (Wildman–Crippen MR) is 72.0 cm³/mol. The monoisotopic (exact) mass is 264 g/mol. The van der Waals surface area contributed by atoms with Gasteiger partial charge in [0.05, 0.1) is 12.2 Å². The smallest absolute Gasteiger partial charge is 0.123 e. The molecule has 3 rings (SSSR count). The number of hydrazine groups is 1. The molecule has 3 N–H and O–H groups in total. The molecule has 4 heteroatoms. The number of benzene rings is 1. The second-order valence-corrected chi connectivity index (χ2v) is 5.82. The van der Waals surface area contributed by atoms with Crippen molar-refractivity contribution in [2.24, 2.45) is 11.8 Å². The van der Waals surface area contributed by atoms with E-state index in [-0.39, 0.29) is 11.9 Å². The van der Waals surface area contributed by atoms with E-state index >= 15 is 0 Å². The van der Waals surface area contributed by atoms with Gasteiger partial charge in [0.25, 0.3) is 0 Å². The number of nitrogens with one attached hydrogen (secondary N) is 1. The molecule has 2 aliphatic rings. The molecule has 0 amide bonds. The molecule has 3 nitrogen and oxygen atoms in total.